The molecule has 0 radical (unpaired) electrons. The number of aryl methyl sites for hydroxylation is 2. The van der Waals surface area contributed by atoms with Crippen molar-refractivity contribution in [3.8, 4) is 11.5 Å². The molecule has 0 aliphatic rings. The van der Waals surface area contributed by atoms with Gasteiger partial charge >= 0.3 is 0 Å². The molecule has 1 N–H and O–H groups in total. The summed E-state index contributed by atoms with van der Waals surface area (Å²) >= 11 is 3.23. The predicted molar refractivity (Wildman–Crippen MR) is 69.9 cm³/mol. The number of nitrogens with one attached hydrogen (secondary N) is 1. The molecular formula is C12H12BrN3O. The summed E-state index contributed by atoms with van der Waals surface area (Å²) in [4.78, 5) is 23.2. The predicted octanol–water partition coefficient (Wildman–Crippen LogP) is 2.47. The lowest BCUT2D eigenvalue weighted by atomic mass is 10.2. The van der Waals surface area contributed by atoms with Crippen molar-refractivity contribution >= 4 is 15.9 Å². The average molecular weight is 294 g/mol. The second-order valence-corrected chi connectivity index (χ2v) is 4.49. The van der Waals surface area contributed by atoms with Crippen molar-refractivity contribution in [2.45, 2.75) is 20.3 Å². The zero-order valence-corrected chi connectivity index (χ0v) is 11.2. The van der Waals surface area contributed by atoms with Crippen LogP contribution in [0, 0.1) is 6.92 Å². The van der Waals surface area contributed by atoms with Crippen molar-refractivity contribution in [1.29, 1.82) is 0 Å². The van der Waals surface area contributed by atoms with Gasteiger partial charge in [0.15, 0.2) is 5.82 Å². The molecule has 5 heteroatoms. The van der Waals surface area contributed by atoms with E-state index in [2.05, 4.69) is 30.9 Å². The summed E-state index contributed by atoms with van der Waals surface area (Å²) in [5.74, 6) is 0.513. The maximum Gasteiger partial charge on any atom is 0.265 e. The fourth-order valence-electron chi connectivity index (χ4n) is 1.54. The number of pyridine rings is 1. The van der Waals surface area contributed by atoms with Gasteiger partial charge in [-0.05, 0) is 41.4 Å². The van der Waals surface area contributed by atoms with Crippen LogP contribution in [0.4, 0.5) is 0 Å². The zero-order chi connectivity index (χ0) is 12.4. The number of nitrogens with zero attached hydrogens (tertiary/aromatic N) is 2. The van der Waals surface area contributed by atoms with Crippen LogP contribution in [0.25, 0.3) is 11.5 Å². The average Bonchev–Trinajstić information content (AvgIpc) is 2.32. The van der Waals surface area contributed by atoms with Crippen molar-refractivity contribution in [3.05, 3.63) is 44.4 Å². The van der Waals surface area contributed by atoms with Gasteiger partial charge in [0.05, 0.1) is 5.69 Å². The number of halogens is 1. The van der Waals surface area contributed by atoms with Crippen molar-refractivity contribution in [1.82, 2.24) is 15.0 Å². The summed E-state index contributed by atoms with van der Waals surface area (Å²) in [7, 11) is 0. The molecule has 2 rings (SSSR count). The molecule has 0 bridgehead atoms. The first-order chi connectivity index (χ1) is 8.11. The number of aromatic amines is 1. The van der Waals surface area contributed by atoms with Gasteiger partial charge < -0.3 is 4.98 Å². The molecule has 0 atom stereocenters. The Labute approximate surface area is 107 Å². The van der Waals surface area contributed by atoms with Crippen LogP contribution in [0.3, 0.4) is 0 Å². The zero-order valence-electron chi connectivity index (χ0n) is 9.62. The van der Waals surface area contributed by atoms with Gasteiger partial charge in [0.1, 0.15) is 10.2 Å². The Hall–Kier alpha value is -1.49. The SMILES string of the molecule is CCc1nc(-c2cccc(C)n2)[nH]c(=O)c1Br. The highest BCUT2D eigenvalue weighted by Crippen LogP contribution is 2.15. The van der Waals surface area contributed by atoms with E-state index >= 15 is 0 Å². The van der Waals surface area contributed by atoms with E-state index < -0.39 is 0 Å². The maximum absolute atomic E-state index is 11.7. The van der Waals surface area contributed by atoms with Gasteiger partial charge in [-0.1, -0.05) is 13.0 Å². The second kappa shape index (κ2) is 4.79. The van der Waals surface area contributed by atoms with Crippen molar-refractivity contribution in [2.75, 3.05) is 0 Å². The van der Waals surface area contributed by atoms with Crippen molar-refractivity contribution in [3.63, 3.8) is 0 Å². The third-order valence-corrected chi connectivity index (χ3v) is 3.22. The summed E-state index contributed by atoms with van der Waals surface area (Å²) in [6.45, 7) is 3.86. The van der Waals surface area contributed by atoms with Crippen LogP contribution in [-0.4, -0.2) is 15.0 Å². The van der Waals surface area contributed by atoms with E-state index in [1.807, 2.05) is 32.0 Å². The van der Waals surface area contributed by atoms with Crippen molar-refractivity contribution < 1.29 is 0 Å². The molecule has 0 saturated carbocycles. The lowest BCUT2D eigenvalue weighted by Crippen LogP contribution is -2.13. The molecule has 0 saturated heterocycles. The van der Waals surface area contributed by atoms with E-state index in [4.69, 9.17) is 0 Å². The molecule has 88 valence electrons. The van der Waals surface area contributed by atoms with Crippen LogP contribution >= 0.6 is 15.9 Å². The lowest BCUT2D eigenvalue weighted by Gasteiger charge is -2.04. The van der Waals surface area contributed by atoms with E-state index in [0.29, 0.717) is 22.4 Å². The summed E-state index contributed by atoms with van der Waals surface area (Å²) in [5.41, 5.74) is 2.15. The third-order valence-electron chi connectivity index (χ3n) is 2.40. The normalized spacial score (nSPS) is 10.5. The van der Waals surface area contributed by atoms with Crippen LogP contribution < -0.4 is 5.56 Å². The van der Waals surface area contributed by atoms with Gasteiger partial charge in [-0.3, -0.25) is 4.79 Å². The molecule has 2 aromatic heterocycles. The number of hydrogen-bond acceptors (Lipinski definition) is 3. The molecule has 0 unspecified atom stereocenters. The van der Waals surface area contributed by atoms with E-state index in [1.54, 1.807) is 0 Å². The minimum absolute atomic E-state index is 0.171. The Morgan fingerprint density at radius 1 is 1.35 bits per heavy atom. The molecule has 0 spiro atoms. The van der Waals surface area contributed by atoms with Gasteiger partial charge in [0.2, 0.25) is 0 Å². The minimum atomic E-state index is -0.171. The fraction of sp³-hybridized carbons (Fsp3) is 0.250. The van der Waals surface area contributed by atoms with E-state index in [0.717, 1.165) is 11.4 Å². The number of hydrogen-bond donors (Lipinski definition) is 1. The van der Waals surface area contributed by atoms with Gasteiger partial charge in [0, 0.05) is 5.69 Å². The molecule has 0 fully saturated rings. The molecule has 17 heavy (non-hydrogen) atoms. The molecule has 0 aliphatic heterocycles. The molecule has 0 amide bonds. The molecule has 2 aromatic rings. The van der Waals surface area contributed by atoms with Crippen LogP contribution in [0.5, 0.6) is 0 Å². The van der Waals surface area contributed by atoms with Crippen LogP contribution in [-0.2, 0) is 6.42 Å². The van der Waals surface area contributed by atoms with Gasteiger partial charge in [-0.25, -0.2) is 9.97 Å². The summed E-state index contributed by atoms with van der Waals surface area (Å²) in [5, 5.41) is 0. The molecule has 2 heterocycles. The van der Waals surface area contributed by atoms with Gasteiger partial charge in [0.25, 0.3) is 5.56 Å². The fourth-order valence-corrected chi connectivity index (χ4v) is 2.00. The highest BCUT2D eigenvalue weighted by molar-refractivity contribution is 9.10. The summed E-state index contributed by atoms with van der Waals surface area (Å²) in [6, 6.07) is 5.63. The third kappa shape index (κ3) is 2.44. The summed E-state index contributed by atoms with van der Waals surface area (Å²) in [6.07, 6.45) is 0.698. The first-order valence-corrected chi connectivity index (χ1v) is 6.14. The van der Waals surface area contributed by atoms with Gasteiger partial charge in [-0.15, -0.1) is 0 Å². The van der Waals surface area contributed by atoms with Crippen LogP contribution in [0.15, 0.2) is 27.5 Å². The Morgan fingerprint density at radius 3 is 2.76 bits per heavy atom. The summed E-state index contributed by atoms with van der Waals surface area (Å²) < 4.78 is 0.497. The lowest BCUT2D eigenvalue weighted by molar-refractivity contribution is 0.961. The Bertz CT molecular complexity index is 607. The number of H-pyrrole nitrogens is 1. The Morgan fingerprint density at radius 2 is 2.12 bits per heavy atom. The van der Waals surface area contributed by atoms with Gasteiger partial charge in [-0.2, -0.15) is 0 Å². The maximum atomic E-state index is 11.7. The molecule has 0 aromatic carbocycles. The minimum Gasteiger partial charge on any atom is -0.304 e. The Balaban J connectivity index is 2.61. The van der Waals surface area contributed by atoms with Crippen LogP contribution in [0.1, 0.15) is 18.3 Å². The monoisotopic (exact) mass is 293 g/mol. The van der Waals surface area contributed by atoms with E-state index in [-0.39, 0.29) is 5.56 Å². The standard InChI is InChI=1S/C12H12BrN3O/c1-3-8-10(13)12(17)16-11(15-8)9-6-4-5-7(2)14-9/h4-6H,3H2,1-2H3,(H,15,16,17). The van der Waals surface area contributed by atoms with Crippen molar-refractivity contribution in [2.24, 2.45) is 0 Å². The highest BCUT2D eigenvalue weighted by Gasteiger charge is 2.09. The smallest absolute Gasteiger partial charge is 0.265 e. The largest absolute Gasteiger partial charge is 0.304 e. The first-order valence-electron chi connectivity index (χ1n) is 5.34. The van der Waals surface area contributed by atoms with E-state index in [9.17, 15) is 4.79 Å². The van der Waals surface area contributed by atoms with E-state index in [1.165, 1.54) is 0 Å². The molecule has 0 aliphatic carbocycles. The quantitative estimate of drug-likeness (QED) is 0.925. The molecule has 4 nitrogen and oxygen atoms in total. The number of aromatic nitrogens is 3. The number of rotatable bonds is 2. The molecular weight excluding hydrogens is 282 g/mol. The van der Waals surface area contributed by atoms with Crippen LogP contribution in [0.2, 0.25) is 0 Å². The Kier molecular flexibility index (Phi) is 3.38. The highest BCUT2D eigenvalue weighted by atomic mass is 79.9. The second-order valence-electron chi connectivity index (χ2n) is 3.69. The topological polar surface area (TPSA) is 58.6 Å². The first kappa shape index (κ1) is 12.0.